The lowest BCUT2D eigenvalue weighted by Crippen LogP contribution is -2.48. The Balaban J connectivity index is 1.29. The predicted octanol–water partition coefficient (Wildman–Crippen LogP) is 4.64. The van der Waals surface area contributed by atoms with Gasteiger partial charge in [-0.2, -0.15) is 0 Å². The first-order chi connectivity index (χ1) is 18.0. The summed E-state index contributed by atoms with van der Waals surface area (Å²) in [7, 11) is 3.98. The van der Waals surface area contributed by atoms with E-state index in [2.05, 4.69) is 27.3 Å². The highest BCUT2D eigenvalue weighted by atomic mass is 16.5. The van der Waals surface area contributed by atoms with Gasteiger partial charge in [-0.05, 0) is 48.5 Å². The summed E-state index contributed by atoms with van der Waals surface area (Å²) in [5.74, 6) is 0.510. The van der Waals surface area contributed by atoms with E-state index in [9.17, 15) is 9.59 Å². The minimum atomic E-state index is -0.215. The highest BCUT2D eigenvalue weighted by Crippen LogP contribution is 2.36. The second-order valence-corrected chi connectivity index (χ2v) is 9.49. The van der Waals surface area contributed by atoms with Crippen LogP contribution in [-0.2, 0) is 7.05 Å². The fourth-order valence-electron chi connectivity index (χ4n) is 4.92. The third-order valence-corrected chi connectivity index (χ3v) is 6.97. The molecule has 0 aliphatic carbocycles. The van der Waals surface area contributed by atoms with E-state index in [4.69, 9.17) is 4.74 Å². The zero-order valence-electron chi connectivity index (χ0n) is 20.8. The third-order valence-electron chi connectivity index (χ3n) is 6.97. The molecule has 2 aliphatic rings. The maximum absolute atomic E-state index is 13.3. The van der Waals surface area contributed by atoms with Gasteiger partial charge in [0.15, 0.2) is 5.76 Å². The van der Waals surface area contributed by atoms with Crippen molar-refractivity contribution in [2.45, 2.75) is 0 Å². The number of nitrogens with one attached hydrogen (secondary N) is 1. The number of hydrogen-bond acceptors (Lipinski definition) is 5. The predicted molar refractivity (Wildman–Crippen MR) is 144 cm³/mol. The molecule has 0 radical (unpaired) electrons. The van der Waals surface area contributed by atoms with E-state index in [0.717, 1.165) is 40.8 Å². The molecule has 0 spiro atoms. The van der Waals surface area contributed by atoms with Gasteiger partial charge < -0.3 is 24.4 Å². The lowest BCUT2D eigenvalue weighted by Gasteiger charge is -2.32. The number of urea groups is 1. The molecule has 1 fully saturated rings. The number of pyridine rings is 1. The average molecular weight is 494 g/mol. The fraction of sp³-hybridized carbons (Fsp3) is 0.207. The molecule has 0 unspecified atom stereocenters. The number of rotatable bonds is 3. The number of nitrogens with zero attached hydrogens (tertiary/aromatic N) is 4. The van der Waals surface area contributed by atoms with E-state index in [-0.39, 0.29) is 17.6 Å². The summed E-state index contributed by atoms with van der Waals surface area (Å²) in [5, 5.41) is 3.88. The van der Waals surface area contributed by atoms with Crippen LogP contribution < -0.4 is 10.1 Å². The van der Waals surface area contributed by atoms with Gasteiger partial charge in [0, 0.05) is 62.3 Å². The van der Waals surface area contributed by atoms with Crippen LogP contribution in [0.25, 0.3) is 28.2 Å². The smallest absolute Gasteiger partial charge is 0.321 e. The number of carbonyl (C=O) groups excluding carboxylic acids is 2. The van der Waals surface area contributed by atoms with E-state index in [1.807, 2.05) is 49.1 Å². The topological polar surface area (TPSA) is 79.7 Å². The van der Waals surface area contributed by atoms with Gasteiger partial charge in [0.05, 0.1) is 5.56 Å². The quantitative estimate of drug-likeness (QED) is 0.421. The molecule has 0 atom stereocenters. The van der Waals surface area contributed by atoms with Crippen LogP contribution in [0.2, 0.25) is 0 Å². The third kappa shape index (κ3) is 4.25. The van der Waals surface area contributed by atoms with Crippen LogP contribution in [0, 0.1) is 0 Å². The van der Waals surface area contributed by atoms with Gasteiger partial charge in [0.2, 0.25) is 5.78 Å². The van der Waals surface area contributed by atoms with Crippen molar-refractivity contribution in [1.29, 1.82) is 0 Å². The average Bonchev–Trinajstić information content (AvgIpc) is 3.40. The number of ketones is 1. The van der Waals surface area contributed by atoms with E-state index in [1.165, 1.54) is 0 Å². The number of anilines is 1. The maximum atomic E-state index is 13.3. The minimum absolute atomic E-state index is 0.160. The summed E-state index contributed by atoms with van der Waals surface area (Å²) in [6, 6.07) is 17.1. The molecule has 1 saturated heterocycles. The van der Waals surface area contributed by atoms with Crippen LogP contribution in [0.5, 0.6) is 5.75 Å². The van der Waals surface area contributed by atoms with Gasteiger partial charge >= 0.3 is 6.03 Å². The van der Waals surface area contributed by atoms with Crippen LogP contribution in [0.1, 0.15) is 15.9 Å². The van der Waals surface area contributed by atoms with Crippen molar-refractivity contribution in [3.05, 3.63) is 83.9 Å². The monoisotopic (exact) mass is 493 g/mol. The normalized spacial score (nSPS) is 16.8. The molecule has 8 nitrogen and oxygen atoms in total. The largest absolute Gasteiger partial charge is 0.452 e. The molecule has 8 heteroatoms. The molecular weight excluding hydrogens is 466 g/mol. The fourth-order valence-corrected chi connectivity index (χ4v) is 4.92. The molecule has 2 amide bonds. The molecule has 4 heterocycles. The highest BCUT2D eigenvalue weighted by Gasteiger charge is 2.29. The van der Waals surface area contributed by atoms with Crippen LogP contribution in [0.4, 0.5) is 10.5 Å². The molecule has 6 rings (SSSR count). The molecule has 0 saturated carbocycles. The Morgan fingerprint density at radius 1 is 1.00 bits per heavy atom. The Morgan fingerprint density at radius 3 is 2.57 bits per heavy atom. The number of ether oxygens (including phenoxy) is 1. The molecule has 0 bridgehead atoms. The lowest BCUT2D eigenvalue weighted by molar-refractivity contribution is 0.101. The minimum Gasteiger partial charge on any atom is -0.452 e. The van der Waals surface area contributed by atoms with E-state index in [0.29, 0.717) is 30.1 Å². The number of Topliss-reactive ketones (excluding diaryl/α,β-unsaturated/α-hetero) is 1. The number of carbonyl (C=O) groups is 2. The van der Waals surface area contributed by atoms with Gasteiger partial charge in [0.25, 0.3) is 0 Å². The summed E-state index contributed by atoms with van der Waals surface area (Å²) in [6.45, 7) is 3.03. The van der Waals surface area contributed by atoms with Crippen LogP contribution >= 0.6 is 0 Å². The van der Waals surface area contributed by atoms with Crippen molar-refractivity contribution >= 4 is 34.6 Å². The summed E-state index contributed by atoms with van der Waals surface area (Å²) in [4.78, 5) is 34.6. The molecule has 186 valence electrons. The number of amides is 2. The lowest BCUT2D eigenvalue weighted by atomic mass is 10.0. The highest BCUT2D eigenvalue weighted by molar-refractivity contribution is 6.16. The second-order valence-electron chi connectivity index (χ2n) is 9.49. The number of aromatic nitrogens is 2. The van der Waals surface area contributed by atoms with Crippen molar-refractivity contribution in [2.75, 3.05) is 38.5 Å². The Bertz CT molecular complexity index is 1550. The van der Waals surface area contributed by atoms with Gasteiger partial charge in [-0.3, -0.25) is 4.79 Å². The molecule has 4 aromatic rings. The number of piperazine rings is 1. The zero-order chi connectivity index (χ0) is 25.5. The Kier molecular flexibility index (Phi) is 5.73. The number of hydrogen-bond donors (Lipinski definition) is 1. The summed E-state index contributed by atoms with van der Waals surface area (Å²) in [5.41, 5.74) is 4.79. The summed E-state index contributed by atoms with van der Waals surface area (Å²) < 4.78 is 7.92. The molecule has 1 N–H and O–H groups in total. The Labute approximate surface area is 214 Å². The maximum Gasteiger partial charge on any atom is 0.321 e. The van der Waals surface area contributed by atoms with Crippen molar-refractivity contribution in [3.63, 3.8) is 0 Å². The van der Waals surface area contributed by atoms with E-state index < -0.39 is 0 Å². The first kappa shape index (κ1) is 23.0. The Hall–Kier alpha value is -4.43. The van der Waals surface area contributed by atoms with Gasteiger partial charge in [-0.25, -0.2) is 9.78 Å². The zero-order valence-corrected chi connectivity index (χ0v) is 20.8. The van der Waals surface area contributed by atoms with Crippen molar-refractivity contribution in [2.24, 2.45) is 7.05 Å². The SMILES string of the molecule is CN1CCN(C(=O)Nc2ccc3c(c2)C(=O)C(=Cc2cn(C)c4nccc(-c5ccccc5)c24)O3)CC1. The summed E-state index contributed by atoms with van der Waals surface area (Å²) in [6.07, 6.45) is 5.53. The van der Waals surface area contributed by atoms with Crippen LogP contribution in [0.15, 0.2) is 72.8 Å². The van der Waals surface area contributed by atoms with Crippen LogP contribution in [0.3, 0.4) is 0 Å². The second kappa shape index (κ2) is 9.22. The van der Waals surface area contributed by atoms with Gasteiger partial charge in [0.1, 0.15) is 11.4 Å². The van der Waals surface area contributed by atoms with Crippen LogP contribution in [-0.4, -0.2) is 64.4 Å². The number of benzene rings is 2. The van der Waals surface area contributed by atoms with E-state index in [1.54, 1.807) is 35.4 Å². The molecule has 2 aromatic heterocycles. The van der Waals surface area contributed by atoms with Crippen molar-refractivity contribution in [3.8, 4) is 16.9 Å². The van der Waals surface area contributed by atoms with Crippen molar-refractivity contribution < 1.29 is 14.3 Å². The number of fused-ring (bicyclic) bond motifs is 2. The molecular formula is C29H27N5O3. The molecule has 2 aliphatic heterocycles. The number of allylic oxidation sites excluding steroid dienone is 1. The van der Waals surface area contributed by atoms with E-state index >= 15 is 0 Å². The Morgan fingerprint density at radius 2 is 1.78 bits per heavy atom. The molecule has 2 aromatic carbocycles. The first-order valence-corrected chi connectivity index (χ1v) is 12.3. The number of likely N-dealkylation sites (N-methyl/N-ethyl adjacent to an activating group) is 1. The number of aryl methyl sites for hydroxylation is 1. The van der Waals surface area contributed by atoms with Gasteiger partial charge in [-0.15, -0.1) is 0 Å². The first-order valence-electron chi connectivity index (χ1n) is 12.3. The standard InChI is InChI=1S/C29H27N5O3/c1-32-12-14-34(15-13-32)29(36)31-21-8-9-24-23(17-21)27(35)25(37-24)16-20-18-33(2)28-26(20)22(10-11-30-28)19-6-4-3-5-7-19/h3-11,16-18H,12-15H2,1-2H3,(H,31,36). The van der Waals surface area contributed by atoms with Crippen molar-refractivity contribution in [1.82, 2.24) is 19.4 Å². The van der Waals surface area contributed by atoms with Gasteiger partial charge in [-0.1, -0.05) is 30.3 Å². The molecule has 37 heavy (non-hydrogen) atoms. The summed E-state index contributed by atoms with van der Waals surface area (Å²) >= 11 is 0.